The van der Waals surface area contributed by atoms with Crippen LogP contribution in [0.1, 0.15) is 56.2 Å². The van der Waals surface area contributed by atoms with Crippen molar-refractivity contribution >= 4 is 43.9 Å². The number of fused-ring (bicyclic) bond motifs is 6. The molecule has 0 unspecified atom stereocenters. The van der Waals surface area contributed by atoms with E-state index in [0.717, 1.165) is 94.7 Å². The number of imidazole rings is 1. The number of hydrogen-bond acceptors (Lipinski definition) is 4. The number of aromatic nitrogens is 3. The standard InChI is InChI=1S/C52H41N2O2.C11H8N.Ir/c1-31(2)40-27-38(35-19-11-7-12-20-35)28-41(32(3)4)48(40)54-45-24-16-15-23-44(45)53-52(54)43-30-42-33(5)49(36-21-13-8-14-22-36)56-50(42)47-39-26-25-37(29-46(39)55-51(43)47)34-17-9-6-10-18-34;1-2-6-10(7-3-1)11-8-4-5-9-12-11;/h6-29,31-32H,1-5H3;1-6,8-9H;/q2*-1;. The zero-order chi connectivity index (χ0) is 46.3. The minimum absolute atomic E-state index is 0. The van der Waals surface area contributed by atoms with E-state index in [-0.39, 0.29) is 31.9 Å². The van der Waals surface area contributed by atoms with E-state index >= 15 is 0 Å². The Morgan fingerprint density at radius 2 is 1.19 bits per heavy atom. The summed E-state index contributed by atoms with van der Waals surface area (Å²) >= 11 is 0. The number of benzene rings is 8. The molecule has 0 aliphatic heterocycles. The van der Waals surface area contributed by atoms with Crippen molar-refractivity contribution in [1.29, 1.82) is 0 Å². The molecule has 12 rings (SSSR count). The zero-order valence-electron chi connectivity index (χ0n) is 39.1. The Morgan fingerprint density at radius 3 is 1.83 bits per heavy atom. The summed E-state index contributed by atoms with van der Waals surface area (Å²) in [6.07, 6.45) is 1.79. The van der Waals surface area contributed by atoms with Crippen molar-refractivity contribution in [3.8, 4) is 61.9 Å². The van der Waals surface area contributed by atoms with Crippen molar-refractivity contribution in [2.24, 2.45) is 0 Å². The molecule has 0 N–H and O–H groups in total. The molecule has 6 heteroatoms. The zero-order valence-corrected chi connectivity index (χ0v) is 41.5. The van der Waals surface area contributed by atoms with Crippen LogP contribution >= 0.6 is 0 Å². The molecule has 0 aliphatic carbocycles. The largest absolute Gasteiger partial charge is 0.499 e. The molecule has 4 aromatic heterocycles. The number of hydrogen-bond donors (Lipinski definition) is 0. The van der Waals surface area contributed by atoms with Crippen molar-refractivity contribution in [3.05, 3.63) is 223 Å². The number of para-hydroxylation sites is 2. The first-order chi connectivity index (χ1) is 33.3. The Bertz CT molecular complexity index is 3660. The van der Waals surface area contributed by atoms with Gasteiger partial charge in [0.05, 0.1) is 33.8 Å². The normalized spacial score (nSPS) is 11.4. The summed E-state index contributed by atoms with van der Waals surface area (Å²) in [7, 11) is 0. The number of furan rings is 2. The van der Waals surface area contributed by atoms with Gasteiger partial charge in [0, 0.05) is 48.3 Å². The van der Waals surface area contributed by atoms with E-state index in [1.165, 1.54) is 22.3 Å². The topological polar surface area (TPSA) is 57.0 Å². The van der Waals surface area contributed by atoms with Gasteiger partial charge >= 0.3 is 0 Å². The summed E-state index contributed by atoms with van der Waals surface area (Å²) < 4.78 is 16.3. The smallest absolute Gasteiger partial charge is 0.124 e. The minimum Gasteiger partial charge on any atom is -0.499 e. The monoisotopic (exact) mass is 1070 g/mol. The Kier molecular flexibility index (Phi) is 12.5. The van der Waals surface area contributed by atoms with Crippen molar-refractivity contribution in [2.45, 2.75) is 46.5 Å². The number of pyridine rings is 1. The summed E-state index contributed by atoms with van der Waals surface area (Å²) in [5, 5.41) is 2.85. The van der Waals surface area contributed by atoms with E-state index in [2.05, 4.69) is 190 Å². The molecule has 0 amide bonds. The first kappa shape index (κ1) is 45.2. The van der Waals surface area contributed by atoms with Crippen molar-refractivity contribution in [3.63, 3.8) is 0 Å². The molecule has 12 aromatic rings. The van der Waals surface area contributed by atoms with E-state index in [1.807, 2.05) is 54.6 Å². The van der Waals surface area contributed by atoms with Gasteiger partial charge < -0.3 is 18.4 Å². The van der Waals surface area contributed by atoms with Crippen LogP contribution in [-0.2, 0) is 20.1 Å². The predicted molar refractivity (Wildman–Crippen MR) is 280 cm³/mol. The SMILES string of the molecule is Cc1c(-c2ccccc2)oc2c1[c-]c(-c1nc3ccccc3n1-c1c(C(C)C)cc(-c3ccccc3)cc1C(C)C)c1oc3cc(-c4ccccc4)ccc3c12.[Ir].[c-]1ccccc1-c1ccccn1. The van der Waals surface area contributed by atoms with Gasteiger partial charge in [-0.2, -0.15) is 0 Å². The van der Waals surface area contributed by atoms with Gasteiger partial charge in [-0.1, -0.05) is 173 Å². The molecular weight excluding hydrogens is 1020 g/mol. The molecule has 1 radical (unpaired) electrons. The van der Waals surface area contributed by atoms with Gasteiger partial charge in [-0.05, 0) is 92.9 Å². The van der Waals surface area contributed by atoms with Gasteiger partial charge in [-0.3, -0.25) is 4.98 Å². The second kappa shape index (κ2) is 19.2. The fourth-order valence-corrected chi connectivity index (χ4v) is 9.46. The van der Waals surface area contributed by atoms with Crippen LogP contribution in [0.5, 0.6) is 0 Å². The van der Waals surface area contributed by atoms with Crippen molar-refractivity contribution < 1.29 is 28.9 Å². The quantitative estimate of drug-likeness (QED) is 0.142. The van der Waals surface area contributed by atoms with Crippen LogP contribution in [-0.4, -0.2) is 14.5 Å². The molecule has 4 heterocycles. The maximum absolute atomic E-state index is 7.04. The summed E-state index contributed by atoms with van der Waals surface area (Å²) in [4.78, 5) is 9.69. The van der Waals surface area contributed by atoms with Crippen molar-refractivity contribution in [2.75, 3.05) is 0 Å². The average molecular weight is 1070 g/mol. The molecule has 0 atom stereocenters. The predicted octanol–water partition coefficient (Wildman–Crippen LogP) is 17.2. The molecular formula is C63H49IrN3O2-2. The van der Waals surface area contributed by atoms with Crippen LogP contribution < -0.4 is 0 Å². The Balaban J connectivity index is 0.000000371. The van der Waals surface area contributed by atoms with Gasteiger partial charge in [-0.25, -0.2) is 0 Å². The summed E-state index contributed by atoms with van der Waals surface area (Å²) in [6, 6.07) is 71.9. The second-order valence-electron chi connectivity index (χ2n) is 17.9. The first-order valence-electron chi connectivity index (χ1n) is 23.4. The molecule has 0 bridgehead atoms. The number of rotatable bonds is 8. The minimum atomic E-state index is 0. The van der Waals surface area contributed by atoms with Crippen LogP contribution in [0.4, 0.5) is 0 Å². The molecule has 8 aromatic carbocycles. The maximum atomic E-state index is 7.04. The molecule has 0 fully saturated rings. The van der Waals surface area contributed by atoms with Crippen LogP contribution in [0.15, 0.2) is 203 Å². The Labute approximate surface area is 416 Å². The molecule has 0 saturated carbocycles. The van der Waals surface area contributed by atoms with Crippen LogP contribution in [0.2, 0.25) is 0 Å². The third kappa shape index (κ3) is 8.41. The summed E-state index contributed by atoms with van der Waals surface area (Å²) in [6.45, 7) is 11.3. The number of nitrogens with zero attached hydrogens (tertiary/aromatic N) is 3. The van der Waals surface area contributed by atoms with Crippen LogP contribution in [0.3, 0.4) is 0 Å². The summed E-state index contributed by atoms with van der Waals surface area (Å²) in [5.41, 5.74) is 17.4. The second-order valence-corrected chi connectivity index (χ2v) is 17.9. The third-order valence-corrected chi connectivity index (χ3v) is 12.9. The molecule has 5 nitrogen and oxygen atoms in total. The molecule has 0 spiro atoms. The van der Waals surface area contributed by atoms with E-state index in [9.17, 15) is 0 Å². The van der Waals surface area contributed by atoms with Gasteiger partial charge in [-0.15, -0.1) is 42.0 Å². The Hall–Kier alpha value is -7.63. The van der Waals surface area contributed by atoms with Crippen molar-refractivity contribution in [1.82, 2.24) is 14.5 Å². The fourth-order valence-electron chi connectivity index (χ4n) is 9.46. The van der Waals surface area contributed by atoms with Crippen LogP contribution in [0, 0.1) is 19.1 Å². The molecule has 0 aliphatic rings. The third-order valence-electron chi connectivity index (χ3n) is 12.9. The maximum Gasteiger partial charge on any atom is 0.124 e. The van der Waals surface area contributed by atoms with E-state index in [0.29, 0.717) is 5.58 Å². The number of aryl methyl sites for hydroxylation is 1. The van der Waals surface area contributed by atoms with Crippen LogP contribution in [0.25, 0.3) is 106 Å². The van der Waals surface area contributed by atoms with Gasteiger partial charge in [0.2, 0.25) is 0 Å². The molecule has 69 heavy (non-hydrogen) atoms. The first-order valence-corrected chi connectivity index (χ1v) is 23.4. The Morgan fingerprint density at radius 1 is 0.565 bits per heavy atom. The van der Waals surface area contributed by atoms with E-state index < -0.39 is 0 Å². The van der Waals surface area contributed by atoms with E-state index in [4.69, 9.17) is 13.8 Å². The van der Waals surface area contributed by atoms with Gasteiger partial charge in [0.1, 0.15) is 5.58 Å². The molecule has 0 saturated heterocycles. The molecule has 339 valence electrons. The van der Waals surface area contributed by atoms with E-state index in [1.54, 1.807) is 6.20 Å². The average Bonchev–Trinajstić information content (AvgIpc) is 4.08. The summed E-state index contributed by atoms with van der Waals surface area (Å²) in [5.74, 6) is 2.09. The van der Waals surface area contributed by atoms with Gasteiger partial charge in [0.15, 0.2) is 0 Å². The fraction of sp³-hybridized carbons (Fsp3) is 0.111. The van der Waals surface area contributed by atoms with Gasteiger partial charge in [0.25, 0.3) is 0 Å².